The highest BCUT2D eigenvalue weighted by molar-refractivity contribution is 7.98. The van der Waals surface area contributed by atoms with Crippen LogP contribution in [0, 0.1) is 0 Å². The fourth-order valence-corrected chi connectivity index (χ4v) is 4.76. The second kappa shape index (κ2) is 8.35. The lowest BCUT2D eigenvalue weighted by molar-refractivity contribution is -0.0548. The van der Waals surface area contributed by atoms with Crippen LogP contribution in [0.25, 0.3) is 11.2 Å². The van der Waals surface area contributed by atoms with Crippen LogP contribution in [0.5, 0.6) is 0 Å². The van der Waals surface area contributed by atoms with Crippen LogP contribution in [0.15, 0.2) is 28.2 Å². The predicted molar refractivity (Wildman–Crippen MR) is 112 cm³/mol. The topological polar surface area (TPSA) is 160 Å². The Balaban J connectivity index is 1.78. The molecular formula is C17H17Cl2N5O5S. The van der Waals surface area contributed by atoms with Gasteiger partial charge < -0.3 is 25.8 Å². The van der Waals surface area contributed by atoms with Crippen molar-refractivity contribution in [3.8, 4) is 0 Å². The molecule has 1 aromatic carbocycles. The maximum Gasteiger partial charge on any atom is 0.280 e. The number of aliphatic hydroxyl groups excluding tert-OH is 3. The van der Waals surface area contributed by atoms with E-state index in [-0.39, 0.29) is 22.3 Å². The van der Waals surface area contributed by atoms with Crippen LogP contribution in [0.3, 0.4) is 0 Å². The minimum atomic E-state index is -1.39. The molecule has 4 atom stereocenters. The van der Waals surface area contributed by atoms with Crippen LogP contribution >= 0.6 is 35.0 Å². The summed E-state index contributed by atoms with van der Waals surface area (Å²) in [5.74, 6) is 0.222. The van der Waals surface area contributed by atoms with E-state index >= 15 is 0 Å². The predicted octanol–water partition coefficient (Wildman–Crippen LogP) is 0.912. The quantitative estimate of drug-likeness (QED) is 0.339. The van der Waals surface area contributed by atoms with E-state index in [1.54, 1.807) is 18.2 Å². The Morgan fingerprint density at radius 1 is 1.27 bits per heavy atom. The number of nitrogens with zero attached hydrogens (tertiary/aromatic N) is 3. The molecule has 10 nitrogen and oxygen atoms in total. The minimum absolute atomic E-state index is 0.00774. The third-order valence-corrected chi connectivity index (χ3v) is 6.27. The van der Waals surface area contributed by atoms with E-state index in [4.69, 9.17) is 33.7 Å². The Labute approximate surface area is 183 Å². The molecule has 2 aromatic heterocycles. The number of anilines is 1. The number of nitrogens with one attached hydrogen (secondary N) is 1. The number of halogens is 2. The smallest absolute Gasteiger partial charge is 0.280 e. The summed E-state index contributed by atoms with van der Waals surface area (Å²) in [5.41, 5.74) is 5.96. The maximum absolute atomic E-state index is 12.3. The third kappa shape index (κ3) is 3.78. The van der Waals surface area contributed by atoms with Crippen molar-refractivity contribution >= 4 is 52.1 Å². The van der Waals surface area contributed by atoms with Gasteiger partial charge in [-0.05, 0) is 17.7 Å². The third-order valence-electron chi connectivity index (χ3n) is 4.68. The number of benzene rings is 1. The van der Waals surface area contributed by atoms with Crippen LogP contribution in [-0.4, -0.2) is 59.8 Å². The van der Waals surface area contributed by atoms with Crippen LogP contribution < -0.4 is 11.3 Å². The normalized spacial score (nSPS) is 24.0. The highest BCUT2D eigenvalue weighted by Gasteiger charge is 2.45. The SMILES string of the molecule is Nc1nc2c(nc(SCc3ccc(Cl)cc3Cl)n2[C@H]2O[C@@H](CO)[C@H](O)[C@@H]2O)c(=O)[nH]1. The first-order valence-corrected chi connectivity index (χ1v) is 10.5. The van der Waals surface area contributed by atoms with Crippen molar-refractivity contribution in [2.75, 3.05) is 12.3 Å². The van der Waals surface area contributed by atoms with Gasteiger partial charge in [0.15, 0.2) is 22.5 Å². The lowest BCUT2D eigenvalue weighted by Crippen LogP contribution is -2.33. The number of hydrogen-bond acceptors (Lipinski definition) is 9. The van der Waals surface area contributed by atoms with Gasteiger partial charge in [-0.1, -0.05) is 41.0 Å². The number of imidazole rings is 1. The molecule has 4 rings (SSSR count). The van der Waals surface area contributed by atoms with E-state index in [0.29, 0.717) is 15.8 Å². The number of aliphatic hydroxyl groups is 3. The van der Waals surface area contributed by atoms with Gasteiger partial charge in [-0.2, -0.15) is 4.98 Å². The lowest BCUT2D eigenvalue weighted by Gasteiger charge is -2.19. The highest BCUT2D eigenvalue weighted by Crippen LogP contribution is 2.36. The van der Waals surface area contributed by atoms with Crippen LogP contribution in [0.1, 0.15) is 11.8 Å². The molecule has 30 heavy (non-hydrogen) atoms. The fourth-order valence-electron chi connectivity index (χ4n) is 3.19. The molecule has 3 heterocycles. The Bertz CT molecular complexity index is 1160. The first-order chi connectivity index (χ1) is 14.3. The molecule has 160 valence electrons. The average Bonchev–Trinajstić information content (AvgIpc) is 3.19. The van der Waals surface area contributed by atoms with Crippen molar-refractivity contribution in [3.63, 3.8) is 0 Å². The van der Waals surface area contributed by atoms with E-state index in [1.165, 1.54) is 16.3 Å². The van der Waals surface area contributed by atoms with Gasteiger partial charge in [0.25, 0.3) is 5.56 Å². The van der Waals surface area contributed by atoms with Crippen molar-refractivity contribution in [1.82, 2.24) is 19.5 Å². The van der Waals surface area contributed by atoms with E-state index in [0.717, 1.165) is 5.56 Å². The summed E-state index contributed by atoms with van der Waals surface area (Å²) >= 11 is 13.4. The van der Waals surface area contributed by atoms with Gasteiger partial charge >= 0.3 is 0 Å². The molecule has 1 fully saturated rings. The number of nitrogens with two attached hydrogens (primary N) is 1. The lowest BCUT2D eigenvalue weighted by atomic mass is 10.1. The molecular weight excluding hydrogens is 457 g/mol. The van der Waals surface area contributed by atoms with E-state index in [9.17, 15) is 20.1 Å². The summed E-state index contributed by atoms with van der Waals surface area (Å²) < 4.78 is 7.01. The number of H-pyrrole nitrogens is 1. The number of ether oxygens (including phenoxy) is 1. The molecule has 0 saturated carbocycles. The summed E-state index contributed by atoms with van der Waals surface area (Å²) in [4.78, 5) is 23.2. The first-order valence-electron chi connectivity index (χ1n) is 8.77. The van der Waals surface area contributed by atoms with Gasteiger partial charge in [-0.25, -0.2) is 4.98 Å². The fraction of sp³-hybridized carbons (Fsp3) is 0.353. The molecule has 0 bridgehead atoms. The van der Waals surface area contributed by atoms with E-state index < -0.39 is 36.7 Å². The molecule has 1 aliphatic rings. The number of fused-ring (bicyclic) bond motifs is 1. The Hall–Kier alpha value is -1.86. The van der Waals surface area contributed by atoms with Crippen LogP contribution in [-0.2, 0) is 10.5 Å². The van der Waals surface area contributed by atoms with E-state index in [2.05, 4.69) is 15.0 Å². The summed E-state index contributed by atoms with van der Waals surface area (Å²) in [5, 5.41) is 31.3. The number of nitrogen functional groups attached to an aromatic ring is 1. The molecule has 1 saturated heterocycles. The van der Waals surface area contributed by atoms with E-state index in [1.807, 2.05) is 0 Å². The minimum Gasteiger partial charge on any atom is -0.394 e. The molecule has 13 heteroatoms. The number of hydrogen-bond donors (Lipinski definition) is 5. The Morgan fingerprint density at radius 3 is 2.70 bits per heavy atom. The summed E-state index contributed by atoms with van der Waals surface area (Å²) in [7, 11) is 0. The van der Waals surface area contributed by atoms with Crippen molar-refractivity contribution in [3.05, 3.63) is 44.2 Å². The second-order valence-corrected chi connectivity index (χ2v) is 8.43. The number of aromatic nitrogens is 4. The Kier molecular flexibility index (Phi) is 5.95. The van der Waals surface area contributed by atoms with Crippen molar-refractivity contribution in [2.45, 2.75) is 35.4 Å². The zero-order chi connectivity index (χ0) is 21.6. The summed E-state index contributed by atoms with van der Waals surface area (Å²) in [6, 6.07) is 5.08. The molecule has 0 unspecified atom stereocenters. The van der Waals surface area contributed by atoms with Gasteiger partial charge in [0.2, 0.25) is 5.95 Å². The molecule has 3 aromatic rings. The monoisotopic (exact) mass is 473 g/mol. The van der Waals surface area contributed by atoms with Crippen molar-refractivity contribution in [1.29, 1.82) is 0 Å². The number of rotatable bonds is 5. The largest absolute Gasteiger partial charge is 0.394 e. The molecule has 0 aliphatic carbocycles. The van der Waals surface area contributed by atoms with Crippen molar-refractivity contribution in [2.24, 2.45) is 0 Å². The molecule has 0 amide bonds. The van der Waals surface area contributed by atoms with Crippen LogP contribution in [0.4, 0.5) is 5.95 Å². The Morgan fingerprint density at radius 2 is 2.03 bits per heavy atom. The van der Waals surface area contributed by atoms with Gasteiger partial charge in [0, 0.05) is 15.8 Å². The zero-order valence-electron chi connectivity index (χ0n) is 15.2. The molecule has 6 N–H and O–H groups in total. The number of aromatic amines is 1. The zero-order valence-corrected chi connectivity index (χ0v) is 17.5. The van der Waals surface area contributed by atoms with Gasteiger partial charge in [-0.3, -0.25) is 14.3 Å². The maximum atomic E-state index is 12.3. The van der Waals surface area contributed by atoms with Gasteiger partial charge in [0.05, 0.1) is 6.61 Å². The van der Waals surface area contributed by atoms with Crippen LogP contribution in [0.2, 0.25) is 10.0 Å². The molecule has 0 radical (unpaired) electrons. The van der Waals surface area contributed by atoms with Gasteiger partial charge in [-0.15, -0.1) is 0 Å². The summed E-state index contributed by atoms with van der Waals surface area (Å²) in [6.07, 6.45) is -4.87. The highest BCUT2D eigenvalue weighted by atomic mass is 35.5. The van der Waals surface area contributed by atoms with Gasteiger partial charge in [0.1, 0.15) is 18.3 Å². The first kappa shape index (κ1) is 21.4. The standard InChI is InChI=1S/C17H17Cl2N5O5S/c18-7-2-1-6(8(19)3-7)5-30-17-21-10-13(22-16(20)23-14(10)28)24(17)15-12(27)11(26)9(4-25)29-15/h1-3,9,11-12,15,25-27H,4-5H2,(H3,20,22,23,28)/t9-,11-,12-,15-/m0/s1. The molecule has 1 aliphatic heterocycles. The average molecular weight is 474 g/mol. The van der Waals surface area contributed by atoms with Crippen molar-refractivity contribution < 1.29 is 20.1 Å². The molecule has 0 spiro atoms. The number of thioether (sulfide) groups is 1. The second-order valence-electron chi connectivity index (χ2n) is 6.64. The summed E-state index contributed by atoms with van der Waals surface area (Å²) in [6.45, 7) is -0.500.